The SMILES string of the molecule is Cc1nc(CNC=O)sc1C1CC(F)(F)C1. The van der Waals surface area contributed by atoms with E-state index in [0.29, 0.717) is 13.0 Å². The van der Waals surface area contributed by atoms with E-state index in [2.05, 4.69) is 10.3 Å². The fourth-order valence-corrected chi connectivity index (χ4v) is 3.01. The van der Waals surface area contributed by atoms with Crippen molar-refractivity contribution in [1.29, 1.82) is 0 Å². The lowest BCUT2D eigenvalue weighted by Crippen LogP contribution is -2.33. The predicted octanol–water partition coefficient (Wildman–Crippen LogP) is 2.21. The summed E-state index contributed by atoms with van der Waals surface area (Å²) in [6, 6.07) is 0. The van der Waals surface area contributed by atoms with Gasteiger partial charge in [-0.15, -0.1) is 11.3 Å². The van der Waals surface area contributed by atoms with Crippen molar-refractivity contribution in [1.82, 2.24) is 10.3 Å². The van der Waals surface area contributed by atoms with Gasteiger partial charge in [0.25, 0.3) is 0 Å². The number of alkyl halides is 2. The highest BCUT2D eigenvalue weighted by molar-refractivity contribution is 7.11. The molecule has 0 spiro atoms. The van der Waals surface area contributed by atoms with E-state index >= 15 is 0 Å². The summed E-state index contributed by atoms with van der Waals surface area (Å²) in [7, 11) is 0. The molecule has 0 radical (unpaired) electrons. The molecule has 1 aliphatic rings. The molecule has 1 saturated carbocycles. The second-order valence-electron chi connectivity index (χ2n) is 4.02. The minimum absolute atomic E-state index is 0.0579. The smallest absolute Gasteiger partial charge is 0.249 e. The number of carbonyl (C=O) groups is 1. The molecule has 0 atom stereocenters. The molecule has 6 heteroatoms. The monoisotopic (exact) mass is 246 g/mol. The van der Waals surface area contributed by atoms with E-state index in [-0.39, 0.29) is 18.8 Å². The number of carbonyl (C=O) groups excluding carboxylic acids is 1. The average molecular weight is 246 g/mol. The van der Waals surface area contributed by atoms with Crippen LogP contribution in [0.5, 0.6) is 0 Å². The van der Waals surface area contributed by atoms with Gasteiger partial charge in [0, 0.05) is 23.6 Å². The molecule has 1 heterocycles. The molecule has 16 heavy (non-hydrogen) atoms. The minimum Gasteiger partial charge on any atom is -0.352 e. The molecule has 1 aromatic rings. The van der Waals surface area contributed by atoms with Gasteiger partial charge in [-0.05, 0) is 6.92 Å². The molecule has 3 nitrogen and oxygen atoms in total. The highest BCUT2D eigenvalue weighted by Gasteiger charge is 2.47. The van der Waals surface area contributed by atoms with E-state index in [9.17, 15) is 13.6 Å². The Hall–Kier alpha value is -1.04. The Morgan fingerprint density at radius 1 is 1.62 bits per heavy atom. The highest BCUT2D eigenvalue weighted by Crippen LogP contribution is 2.50. The Bertz CT molecular complexity index is 398. The van der Waals surface area contributed by atoms with Gasteiger partial charge in [-0.3, -0.25) is 4.79 Å². The van der Waals surface area contributed by atoms with Crippen molar-refractivity contribution in [3.8, 4) is 0 Å². The number of nitrogens with one attached hydrogen (secondary N) is 1. The summed E-state index contributed by atoms with van der Waals surface area (Å²) in [5.41, 5.74) is 0.813. The number of nitrogens with zero attached hydrogens (tertiary/aromatic N) is 1. The average Bonchev–Trinajstić information content (AvgIpc) is 2.52. The maximum Gasteiger partial charge on any atom is 0.249 e. The second kappa shape index (κ2) is 4.08. The van der Waals surface area contributed by atoms with Crippen molar-refractivity contribution in [2.45, 2.75) is 38.2 Å². The summed E-state index contributed by atoms with van der Waals surface area (Å²) in [6.45, 7) is 2.20. The van der Waals surface area contributed by atoms with Gasteiger partial charge in [0.05, 0.1) is 12.2 Å². The molecule has 1 amide bonds. The van der Waals surface area contributed by atoms with Crippen LogP contribution in [0.2, 0.25) is 0 Å². The van der Waals surface area contributed by atoms with Crippen LogP contribution in [0.3, 0.4) is 0 Å². The fourth-order valence-electron chi connectivity index (χ4n) is 1.90. The zero-order valence-electron chi connectivity index (χ0n) is 8.80. The molecular weight excluding hydrogens is 234 g/mol. The lowest BCUT2D eigenvalue weighted by atomic mass is 9.80. The van der Waals surface area contributed by atoms with Gasteiger partial charge in [0.1, 0.15) is 5.01 Å². The number of aromatic nitrogens is 1. The van der Waals surface area contributed by atoms with Crippen molar-refractivity contribution >= 4 is 17.7 Å². The molecule has 1 aliphatic carbocycles. The van der Waals surface area contributed by atoms with Crippen molar-refractivity contribution < 1.29 is 13.6 Å². The first-order valence-corrected chi connectivity index (χ1v) is 5.84. The molecule has 1 aromatic heterocycles. The normalized spacial score (nSPS) is 19.2. The van der Waals surface area contributed by atoms with Gasteiger partial charge in [-0.2, -0.15) is 0 Å². The Morgan fingerprint density at radius 3 is 2.88 bits per heavy atom. The van der Waals surface area contributed by atoms with Gasteiger partial charge in [0.15, 0.2) is 0 Å². The van der Waals surface area contributed by atoms with Crippen LogP contribution in [0.15, 0.2) is 0 Å². The van der Waals surface area contributed by atoms with Gasteiger partial charge in [-0.1, -0.05) is 0 Å². The van der Waals surface area contributed by atoms with E-state index in [1.807, 2.05) is 6.92 Å². The van der Waals surface area contributed by atoms with Gasteiger partial charge >= 0.3 is 0 Å². The van der Waals surface area contributed by atoms with Crippen LogP contribution in [0.4, 0.5) is 8.78 Å². The minimum atomic E-state index is -2.50. The molecule has 88 valence electrons. The fraction of sp³-hybridized carbons (Fsp3) is 0.600. The van der Waals surface area contributed by atoms with E-state index in [1.54, 1.807) is 0 Å². The lowest BCUT2D eigenvalue weighted by Gasteiger charge is -2.34. The summed E-state index contributed by atoms with van der Waals surface area (Å²) < 4.78 is 25.5. The largest absolute Gasteiger partial charge is 0.352 e. The zero-order chi connectivity index (χ0) is 11.8. The standard InChI is InChI=1S/C10H12F2N2OS/c1-6-9(7-2-10(11,12)3-7)16-8(14-6)4-13-5-15/h5,7H,2-4H2,1H3,(H,13,15). The van der Waals surface area contributed by atoms with Crippen LogP contribution in [-0.4, -0.2) is 17.3 Å². The summed E-state index contributed by atoms with van der Waals surface area (Å²) in [5, 5.41) is 3.29. The van der Waals surface area contributed by atoms with Crippen LogP contribution < -0.4 is 5.32 Å². The summed E-state index contributed by atoms with van der Waals surface area (Å²) >= 11 is 1.42. The summed E-state index contributed by atoms with van der Waals surface area (Å²) in [4.78, 5) is 15.3. The van der Waals surface area contributed by atoms with Crippen LogP contribution in [0.1, 0.15) is 34.3 Å². The summed E-state index contributed by atoms with van der Waals surface area (Å²) in [6.07, 6.45) is 0.459. The van der Waals surface area contributed by atoms with Gasteiger partial charge < -0.3 is 5.32 Å². The molecule has 0 unspecified atom stereocenters. The molecule has 0 aliphatic heterocycles. The predicted molar refractivity (Wildman–Crippen MR) is 56.7 cm³/mol. The van der Waals surface area contributed by atoms with Crippen molar-refractivity contribution in [2.75, 3.05) is 0 Å². The second-order valence-corrected chi connectivity index (χ2v) is 5.13. The third-order valence-electron chi connectivity index (χ3n) is 2.67. The van der Waals surface area contributed by atoms with Gasteiger partial charge in [-0.25, -0.2) is 13.8 Å². The number of hydrogen-bond acceptors (Lipinski definition) is 3. The topological polar surface area (TPSA) is 42.0 Å². The number of rotatable bonds is 4. The van der Waals surface area contributed by atoms with E-state index in [1.165, 1.54) is 11.3 Å². The van der Waals surface area contributed by atoms with Gasteiger partial charge in [0.2, 0.25) is 12.3 Å². The third-order valence-corrected chi connectivity index (χ3v) is 3.99. The maximum absolute atomic E-state index is 12.7. The molecule has 1 N–H and O–H groups in total. The maximum atomic E-state index is 12.7. The van der Waals surface area contributed by atoms with E-state index < -0.39 is 5.92 Å². The molecular formula is C10H12F2N2OS. The van der Waals surface area contributed by atoms with Crippen LogP contribution in [-0.2, 0) is 11.3 Å². The Labute approximate surface area is 95.9 Å². The number of thiazole rings is 1. The van der Waals surface area contributed by atoms with Crippen molar-refractivity contribution in [3.63, 3.8) is 0 Å². The Kier molecular flexibility index (Phi) is 2.92. The number of amides is 1. The number of halogens is 2. The van der Waals surface area contributed by atoms with Crippen LogP contribution in [0.25, 0.3) is 0 Å². The molecule has 0 saturated heterocycles. The number of hydrogen-bond donors (Lipinski definition) is 1. The molecule has 0 bridgehead atoms. The van der Waals surface area contributed by atoms with E-state index in [0.717, 1.165) is 15.6 Å². The van der Waals surface area contributed by atoms with Crippen molar-refractivity contribution in [2.24, 2.45) is 0 Å². The first kappa shape index (κ1) is 11.4. The van der Waals surface area contributed by atoms with Crippen molar-refractivity contribution in [3.05, 3.63) is 15.6 Å². The Balaban J connectivity index is 2.05. The zero-order valence-corrected chi connectivity index (χ0v) is 9.61. The molecule has 1 fully saturated rings. The quantitative estimate of drug-likeness (QED) is 0.828. The highest BCUT2D eigenvalue weighted by atomic mass is 32.1. The Morgan fingerprint density at radius 2 is 2.31 bits per heavy atom. The van der Waals surface area contributed by atoms with E-state index in [4.69, 9.17) is 0 Å². The van der Waals surface area contributed by atoms with Crippen LogP contribution in [0, 0.1) is 6.92 Å². The molecule has 0 aromatic carbocycles. The third kappa shape index (κ3) is 2.21. The number of aryl methyl sites for hydroxylation is 1. The lowest BCUT2D eigenvalue weighted by molar-refractivity contribution is -0.109. The summed E-state index contributed by atoms with van der Waals surface area (Å²) in [5.74, 6) is -2.56. The first-order valence-electron chi connectivity index (χ1n) is 5.03. The van der Waals surface area contributed by atoms with Crippen LogP contribution >= 0.6 is 11.3 Å². The molecule has 2 rings (SSSR count). The first-order chi connectivity index (χ1) is 7.52.